The average molecular weight is 369 g/mol. The molecule has 0 amide bonds. The van der Waals surface area contributed by atoms with E-state index in [-0.39, 0.29) is 0 Å². The molecular formula is C21H32N6. The van der Waals surface area contributed by atoms with E-state index < -0.39 is 0 Å². The van der Waals surface area contributed by atoms with E-state index in [1.165, 1.54) is 25.7 Å². The number of nitrogens with one attached hydrogen (secondary N) is 2. The van der Waals surface area contributed by atoms with Crippen LogP contribution in [0.3, 0.4) is 0 Å². The van der Waals surface area contributed by atoms with E-state index in [2.05, 4.69) is 47.4 Å². The van der Waals surface area contributed by atoms with Crippen LogP contribution in [0.25, 0.3) is 5.82 Å². The van der Waals surface area contributed by atoms with E-state index in [4.69, 9.17) is 4.99 Å². The minimum atomic E-state index is 0.525. The first-order valence-corrected chi connectivity index (χ1v) is 10.1. The third kappa shape index (κ3) is 5.55. The molecule has 2 aromatic heterocycles. The highest BCUT2D eigenvalue weighted by molar-refractivity contribution is 5.80. The van der Waals surface area contributed by atoms with Crippen LogP contribution in [-0.2, 0) is 6.54 Å². The summed E-state index contributed by atoms with van der Waals surface area (Å²) in [5, 5.41) is 7.02. The molecule has 6 nitrogen and oxygen atoms in total. The minimum Gasteiger partial charge on any atom is -0.357 e. The number of rotatable bonds is 6. The molecule has 3 rings (SSSR count). The number of guanidine groups is 1. The third-order valence-corrected chi connectivity index (χ3v) is 5.40. The van der Waals surface area contributed by atoms with E-state index >= 15 is 0 Å². The van der Waals surface area contributed by atoms with Crippen LogP contribution < -0.4 is 10.6 Å². The van der Waals surface area contributed by atoms with E-state index in [1.54, 1.807) is 12.5 Å². The second kappa shape index (κ2) is 9.53. The summed E-state index contributed by atoms with van der Waals surface area (Å²) in [5.41, 5.74) is 1.13. The molecule has 1 saturated carbocycles. The molecule has 0 atom stereocenters. The van der Waals surface area contributed by atoms with Crippen molar-refractivity contribution in [3.8, 4) is 5.82 Å². The molecule has 27 heavy (non-hydrogen) atoms. The Bertz CT molecular complexity index is 714. The van der Waals surface area contributed by atoms with Gasteiger partial charge in [0, 0.05) is 31.2 Å². The van der Waals surface area contributed by atoms with Gasteiger partial charge in [-0.3, -0.25) is 4.57 Å². The van der Waals surface area contributed by atoms with Crippen molar-refractivity contribution in [3.05, 3.63) is 42.6 Å². The van der Waals surface area contributed by atoms with Crippen LogP contribution in [0.1, 0.15) is 52.0 Å². The molecule has 0 aliphatic heterocycles. The molecule has 0 spiro atoms. The number of pyridine rings is 1. The summed E-state index contributed by atoms with van der Waals surface area (Å²) < 4.78 is 1.91. The fraction of sp³-hybridized carbons (Fsp3) is 0.571. The van der Waals surface area contributed by atoms with E-state index in [0.717, 1.165) is 35.7 Å². The summed E-state index contributed by atoms with van der Waals surface area (Å²) in [6.45, 7) is 8.29. The zero-order valence-electron chi connectivity index (χ0n) is 16.7. The molecule has 2 N–H and O–H groups in total. The van der Waals surface area contributed by atoms with Crippen molar-refractivity contribution < 1.29 is 0 Å². The van der Waals surface area contributed by atoms with Crippen LogP contribution in [0.4, 0.5) is 0 Å². The predicted molar refractivity (Wildman–Crippen MR) is 110 cm³/mol. The SMILES string of the molecule is CCNC(=NCc1ccnc(-n2ccnc2)c1)NC1CCC(C(C)C)CC1. The van der Waals surface area contributed by atoms with Gasteiger partial charge in [-0.1, -0.05) is 13.8 Å². The Morgan fingerprint density at radius 1 is 1.26 bits per heavy atom. The van der Waals surface area contributed by atoms with Crippen LogP contribution in [0.5, 0.6) is 0 Å². The zero-order chi connectivity index (χ0) is 19.1. The normalized spacial score (nSPS) is 20.7. The summed E-state index contributed by atoms with van der Waals surface area (Å²) in [4.78, 5) is 13.3. The van der Waals surface area contributed by atoms with Gasteiger partial charge in [0.05, 0.1) is 6.54 Å². The van der Waals surface area contributed by atoms with Crippen molar-refractivity contribution >= 4 is 5.96 Å². The zero-order valence-corrected chi connectivity index (χ0v) is 16.7. The number of aliphatic imine (C=N–C) groups is 1. The van der Waals surface area contributed by atoms with Crippen LogP contribution in [0.2, 0.25) is 0 Å². The quantitative estimate of drug-likeness (QED) is 0.604. The Morgan fingerprint density at radius 2 is 2.07 bits per heavy atom. The smallest absolute Gasteiger partial charge is 0.191 e. The second-order valence-corrected chi connectivity index (χ2v) is 7.69. The number of imidazole rings is 1. The van der Waals surface area contributed by atoms with Crippen LogP contribution >= 0.6 is 0 Å². The van der Waals surface area contributed by atoms with Gasteiger partial charge >= 0.3 is 0 Å². The Balaban J connectivity index is 1.60. The Hall–Kier alpha value is -2.37. The maximum absolute atomic E-state index is 4.80. The standard InChI is InChI=1S/C21H32N6/c1-4-23-21(26-19-7-5-18(6-8-19)16(2)3)25-14-17-9-10-24-20(13-17)27-12-11-22-15-27/h9-13,15-16,18-19H,4-8,14H2,1-3H3,(H2,23,25,26). The molecule has 146 valence electrons. The molecule has 0 aromatic carbocycles. The second-order valence-electron chi connectivity index (χ2n) is 7.69. The van der Waals surface area contributed by atoms with Crippen molar-refractivity contribution in [1.82, 2.24) is 25.2 Å². The molecule has 1 fully saturated rings. The number of hydrogen-bond donors (Lipinski definition) is 2. The lowest BCUT2D eigenvalue weighted by Gasteiger charge is -2.32. The highest BCUT2D eigenvalue weighted by Crippen LogP contribution is 2.29. The van der Waals surface area contributed by atoms with E-state index in [9.17, 15) is 0 Å². The molecular weight excluding hydrogens is 336 g/mol. The molecule has 0 saturated heterocycles. The third-order valence-electron chi connectivity index (χ3n) is 5.40. The first kappa shape index (κ1) is 19.4. The largest absolute Gasteiger partial charge is 0.357 e. The molecule has 1 aliphatic carbocycles. The lowest BCUT2D eigenvalue weighted by atomic mass is 9.80. The first-order chi connectivity index (χ1) is 13.2. The maximum atomic E-state index is 4.80. The van der Waals surface area contributed by atoms with Crippen molar-refractivity contribution in [2.75, 3.05) is 6.54 Å². The van der Waals surface area contributed by atoms with Crippen LogP contribution in [0.15, 0.2) is 42.0 Å². The van der Waals surface area contributed by atoms with Gasteiger partial charge in [0.15, 0.2) is 5.96 Å². The summed E-state index contributed by atoms with van der Waals surface area (Å²) in [7, 11) is 0. The predicted octanol–water partition coefficient (Wildman–Crippen LogP) is 3.54. The molecule has 1 aliphatic rings. The Kier molecular flexibility index (Phi) is 6.85. The summed E-state index contributed by atoms with van der Waals surface area (Å²) in [6, 6.07) is 4.60. The fourth-order valence-corrected chi connectivity index (χ4v) is 3.71. The lowest BCUT2D eigenvalue weighted by Crippen LogP contribution is -2.45. The molecule has 0 unspecified atom stereocenters. The van der Waals surface area contributed by atoms with Crippen molar-refractivity contribution in [2.45, 2.75) is 59.0 Å². The van der Waals surface area contributed by atoms with Crippen LogP contribution in [0, 0.1) is 11.8 Å². The van der Waals surface area contributed by atoms with Gasteiger partial charge in [-0.25, -0.2) is 15.0 Å². The maximum Gasteiger partial charge on any atom is 0.191 e. The Labute approximate surface area is 162 Å². The summed E-state index contributed by atoms with van der Waals surface area (Å²) >= 11 is 0. The van der Waals surface area contributed by atoms with Crippen molar-refractivity contribution in [3.63, 3.8) is 0 Å². The number of aromatic nitrogens is 3. The van der Waals surface area contributed by atoms with Gasteiger partial charge in [0.1, 0.15) is 12.1 Å². The highest BCUT2D eigenvalue weighted by Gasteiger charge is 2.23. The van der Waals surface area contributed by atoms with Gasteiger partial charge in [0.2, 0.25) is 0 Å². The number of nitrogens with zero attached hydrogens (tertiary/aromatic N) is 4. The molecule has 0 radical (unpaired) electrons. The van der Waals surface area contributed by atoms with E-state index in [0.29, 0.717) is 12.6 Å². The van der Waals surface area contributed by atoms with Crippen LogP contribution in [-0.4, -0.2) is 33.1 Å². The highest BCUT2D eigenvalue weighted by atomic mass is 15.2. The fourth-order valence-electron chi connectivity index (χ4n) is 3.71. The van der Waals surface area contributed by atoms with Gasteiger partial charge in [-0.15, -0.1) is 0 Å². The van der Waals surface area contributed by atoms with E-state index in [1.807, 2.05) is 23.0 Å². The van der Waals surface area contributed by atoms with Crippen molar-refractivity contribution in [2.24, 2.45) is 16.8 Å². The Morgan fingerprint density at radius 3 is 2.74 bits per heavy atom. The molecule has 2 aromatic rings. The minimum absolute atomic E-state index is 0.525. The average Bonchev–Trinajstić information content (AvgIpc) is 3.22. The lowest BCUT2D eigenvalue weighted by molar-refractivity contribution is 0.250. The monoisotopic (exact) mass is 368 g/mol. The van der Waals surface area contributed by atoms with Gasteiger partial charge in [0.25, 0.3) is 0 Å². The van der Waals surface area contributed by atoms with Crippen molar-refractivity contribution in [1.29, 1.82) is 0 Å². The molecule has 6 heteroatoms. The number of hydrogen-bond acceptors (Lipinski definition) is 3. The van der Waals surface area contributed by atoms with Gasteiger partial charge in [-0.2, -0.15) is 0 Å². The van der Waals surface area contributed by atoms with Gasteiger partial charge < -0.3 is 10.6 Å². The topological polar surface area (TPSA) is 67.1 Å². The molecule has 2 heterocycles. The molecule has 0 bridgehead atoms. The van der Waals surface area contributed by atoms with Gasteiger partial charge in [-0.05, 0) is 62.1 Å². The summed E-state index contributed by atoms with van der Waals surface area (Å²) in [6.07, 6.45) is 12.3. The summed E-state index contributed by atoms with van der Waals surface area (Å²) in [5.74, 6) is 3.45. The first-order valence-electron chi connectivity index (χ1n) is 10.1.